The van der Waals surface area contributed by atoms with E-state index < -0.39 is 23.8 Å². The Morgan fingerprint density at radius 2 is 1.02 bits per heavy atom. The molecule has 0 unspecified atom stereocenters. The van der Waals surface area contributed by atoms with Crippen LogP contribution in [-0.4, -0.2) is 150 Å². The Balaban J connectivity index is 1.43. The predicted octanol–water partition coefficient (Wildman–Crippen LogP) is -0.475. The first-order valence-electron chi connectivity index (χ1n) is 15.4. The molecule has 2 aliphatic rings. The second-order valence-corrected chi connectivity index (χ2v) is 11.5. The van der Waals surface area contributed by atoms with Crippen LogP contribution in [0.2, 0.25) is 0 Å². The zero-order valence-electron chi connectivity index (χ0n) is 26.1. The number of anilines is 1. The quantitative estimate of drug-likeness (QED) is 0.244. The molecule has 2 heterocycles. The maximum absolute atomic E-state index is 13.6. The minimum absolute atomic E-state index is 0.0921. The number of rotatable bonds is 10. The number of carboxylic acids is 3. The number of hydrogen-bond acceptors (Lipinski definition) is 9. The molecule has 0 aromatic heterocycles. The molecule has 0 spiro atoms. The van der Waals surface area contributed by atoms with Crippen LogP contribution in [0, 0.1) is 11.8 Å². The van der Waals surface area contributed by atoms with E-state index >= 15 is 0 Å². The summed E-state index contributed by atoms with van der Waals surface area (Å²) in [6.07, 6.45) is 0. The largest absolute Gasteiger partial charge is 0.480 e. The van der Waals surface area contributed by atoms with Crippen LogP contribution >= 0.6 is 0 Å². The fourth-order valence-electron chi connectivity index (χ4n) is 5.52. The van der Waals surface area contributed by atoms with E-state index in [0.29, 0.717) is 24.3 Å². The van der Waals surface area contributed by atoms with Crippen molar-refractivity contribution in [3.63, 3.8) is 0 Å². The van der Waals surface area contributed by atoms with Gasteiger partial charge < -0.3 is 25.5 Å². The first-order valence-corrected chi connectivity index (χ1v) is 15.4. The smallest absolute Gasteiger partial charge is 0.317 e. The maximum atomic E-state index is 13.6. The number of aliphatic carboxylic acids is 3. The molecular weight excluding hydrogens is 608 g/mol. The van der Waals surface area contributed by atoms with E-state index in [9.17, 15) is 39.3 Å². The third-order valence-electron chi connectivity index (χ3n) is 7.98. The van der Waals surface area contributed by atoms with Crippen LogP contribution in [0.5, 0.6) is 0 Å². The van der Waals surface area contributed by atoms with Gasteiger partial charge in [0.05, 0.1) is 45.0 Å². The third kappa shape index (κ3) is 11.2. The summed E-state index contributed by atoms with van der Waals surface area (Å²) in [5.41, 5.74) is 3.05. The van der Waals surface area contributed by atoms with Gasteiger partial charge in [-0.15, -0.1) is 0 Å². The lowest BCUT2D eigenvalue weighted by molar-refractivity contribution is -0.140. The van der Waals surface area contributed by atoms with Gasteiger partial charge in [-0.3, -0.25) is 43.6 Å². The van der Waals surface area contributed by atoms with Crippen molar-refractivity contribution >= 4 is 35.4 Å². The Hall–Kier alpha value is -4.81. The summed E-state index contributed by atoms with van der Waals surface area (Å²) in [6, 6.07) is 14.9. The minimum Gasteiger partial charge on any atom is -0.480 e. The predicted molar refractivity (Wildman–Crippen MR) is 172 cm³/mol. The monoisotopic (exact) mass is 648 g/mol. The van der Waals surface area contributed by atoms with Crippen LogP contribution in [-0.2, 0) is 30.5 Å². The lowest BCUT2D eigenvalue weighted by Crippen LogP contribution is -2.50. The summed E-state index contributed by atoms with van der Waals surface area (Å²) in [7, 11) is 0. The van der Waals surface area contributed by atoms with E-state index in [1.54, 1.807) is 24.5 Å². The fourth-order valence-corrected chi connectivity index (χ4v) is 5.52. The number of nitrogens with one attached hydrogen (secondary N) is 1. The molecule has 1 fully saturated rings. The van der Waals surface area contributed by atoms with Gasteiger partial charge in [0.1, 0.15) is 0 Å². The Morgan fingerprint density at radius 1 is 0.596 bits per heavy atom. The number of para-hydroxylation sites is 1. The molecule has 0 atom stereocenters. The van der Waals surface area contributed by atoms with Crippen molar-refractivity contribution in [1.29, 1.82) is 0 Å². The van der Waals surface area contributed by atoms with Gasteiger partial charge in [0, 0.05) is 63.5 Å². The van der Waals surface area contributed by atoms with Crippen LogP contribution < -0.4 is 10.2 Å². The van der Waals surface area contributed by atoms with Crippen molar-refractivity contribution in [2.75, 3.05) is 90.0 Å². The van der Waals surface area contributed by atoms with E-state index in [2.05, 4.69) is 17.2 Å². The normalized spacial score (nSPS) is 16.9. The van der Waals surface area contributed by atoms with Crippen molar-refractivity contribution in [1.82, 2.24) is 24.9 Å². The topological polar surface area (TPSA) is 174 Å². The molecule has 0 radical (unpaired) electrons. The van der Waals surface area contributed by atoms with Gasteiger partial charge >= 0.3 is 17.9 Å². The zero-order valence-corrected chi connectivity index (χ0v) is 26.1. The maximum Gasteiger partial charge on any atom is 0.317 e. The van der Waals surface area contributed by atoms with Crippen molar-refractivity contribution in [2.45, 2.75) is 6.54 Å². The SMILES string of the molecule is O=C(O)CN1CCN(CC(=O)O)CCN(CC(=O)NCC(=O)N2Cc3ccccc3C#Cc3ccccc32)CCN(CC(=O)O)CC1. The Bertz CT molecular complexity index is 1490. The van der Waals surface area contributed by atoms with Crippen LogP contribution in [0.3, 0.4) is 0 Å². The molecule has 47 heavy (non-hydrogen) atoms. The minimum atomic E-state index is -1.03. The van der Waals surface area contributed by atoms with E-state index in [0.717, 1.165) is 11.1 Å². The molecule has 2 aromatic rings. The van der Waals surface area contributed by atoms with Gasteiger partial charge in [-0.2, -0.15) is 0 Å². The second kappa shape index (κ2) is 17.2. The zero-order chi connectivity index (χ0) is 33.8. The Morgan fingerprint density at radius 3 is 1.53 bits per heavy atom. The standard InChI is InChI=1S/C33H40N6O8/c40-29(34-19-30(41)39-20-27-7-2-1-5-25(27)9-10-26-6-3-4-8-28(26)39)21-35-11-13-36(22-31(42)43)15-17-38(24-33(46)47)18-16-37(14-12-35)23-32(44)45/h1-8H,11-24H2,(H,34,40)(H,42,43)(H,44,45)(H,46,47). The molecule has 4 rings (SSSR count). The van der Waals surface area contributed by atoms with E-state index in [4.69, 9.17) is 0 Å². The number of nitrogens with zero attached hydrogens (tertiary/aromatic N) is 5. The van der Waals surface area contributed by atoms with Gasteiger partial charge in [-0.05, 0) is 23.8 Å². The molecule has 0 saturated carbocycles. The number of benzene rings is 2. The molecular formula is C33H40N6O8. The van der Waals surface area contributed by atoms with E-state index in [-0.39, 0.29) is 84.4 Å². The number of fused-ring (bicyclic) bond motifs is 2. The summed E-state index contributed by atoms with van der Waals surface area (Å²) in [5.74, 6) is 2.51. The summed E-state index contributed by atoms with van der Waals surface area (Å²) >= 11 is 0. The van der Waals surface area contributed by atoms with Crippen molar-refractivity contribution in [3.8, 4) is 11.8 Å². The van der Waals surface area contributed by atoms with Crippen molar-refractivity contribution < 1.29 is 39.3 Å². The molecule has 4 N–H and O–H groups in total. The average Bonchev–Trinajstić information content (AvgIpc) is 3.01. The summed E-state index contributed by atoms with van der Waals surface area (Å²) in [4.78, 5) is 69.6. The highest BCUT2D eigenvalue weighted by Gasteiger charge is 2.24. The van der Waals surface area contributed by atoms with Gasteiger partial charge in [0.25, 0.3) is 0 Å². The molecule has 2 aliphatic heterocycles. The highest BCUT2D eigenvalue weighted by atomic mass is 16.4. The van der Waals surface area contributed by atoms with E-state index in [1.807, 2.05) is 48.5 Å². The van der Waals surface area contributed by atoms with Crippen LogP contribution in [0.25, 0.3) is 0 Å². The third-order valence-corrected chi connectivity index (χ3v) is 7.98. The van der Waals surface area contributed by atoms with Gasteiger partial charge in [0.2, 0.25) is 11.8 Å². The molecule has 2 amide bonds. The Labute approximate surface area is 273 Å². The van der Waals surface area contributed by atoms with Crippen molar-refractivity contribution in [2.24, 2.45) is 0 Å². The van der Waals surface area contributed by atoms with Crippen LogP contribution in [0.4, 0.5) is 5.69 Å². The highest BCUT2D eigenvalue weighted by molar-refractivity contribution is 5.98. The molecule has 250 valence electrons. The molecule has 0 bridgehead atoms. The Kier molecular flexibility index (Phi) is 12.8. The van der Waals surface area contributed by atoms with Crippen LogP contribution in [0.15, 0.2) is 48.5 Å². The van der Waals surface area contributed by atoms with Gasteiger partial charge in [-0.1, -0.05) is 42.2 Å². The first kappa shape index (κ1) is 35.1. The fraction of sp³-hybridized carbons (Fsp3) is 0.424. The lowest BCUT2D eigenvalue weighted by Gasteiger charge is -2.32. The summed E-state index contributed by atoms with van der Waals surface area (Å²) < 4.78 is 0. The molecule has 1 saturated heterocycles. The number of carboxylic acid groups (broad SMARTS) is 3. The van der Waals surface area contributed by atoms with Crippen LogP contribution in [0.1, 0.15) is 16.7 Å². The first-order chi connectivity index (χ1) is 22.6. The molecule has 2 aromatic carbocycles. The molecule has 14 nitrogen and oxygen atoms in total. The number of carbonyl (C=O) groups excluding carboxylic acids is 2. The number of amides is 2. The van der Waals surface area contributed by atoms with Crippen molar-refractivity contribution in [3.05, 3.63) is 65.2 Å². The highest BCUT2D eigenvalue weighted by Crippen LogP contribution is 2.25. The lowest BCUT2D eigenvalue weighted by atomic mass is 10.0. The average molecular weight is 649 g/mol. The number of carbonyl (C=O) groups is 5. The van der Waals surface area contributed by atoms with Gasteiger partial charge in [-0.25, -0.2) is 0 Å². The number of hydrogen-bond donors (Lipinski definition) is 4. The molecule has 0 aliphatic carbocycles. The second-order valence-electron chi connectivity index (χ2n) is 11.5. The molecule has 14 heteroatoms. The van der Waals surface area contributed by atoms with E-state index in [1.165, 1.54) is 0 Å². The summed E-state index contributed by atoms with van der Waals surface area (Å²) in [6.45, 7) is 1.42. The summed E-state index contributed by atoms with van der Waals surface area (Å²) in [5, 5.41) is 30.9. The van der Waals surface area contributed by atoms with Gasteiger partial charge in [0.15, 0.2) is 0 Å².